The first-order chi connectivity index (χ1) is 10.1. The monoisotopic (exact) mass is 284 g/mol. The molecule has 0 saturated heterocycles. The quantitative estimate of drug-likeness (QED) is 0.648. The van der Waals surface area contributed by atoms with Gasteiger partial charge in [-0.05, 0) is 31.0 Å². The Balaban J connectivity index is 2.31. The number of nitrogens with one attached hydrogen (secondary N) is 1. The van der Waals surface area contributed by atoms with Crippen LogP contribution in [0.1, 0.15) is 29.7 Å². The first-order valence-corrected chi connectivity index (χ1v) is 7.14. The Kier molecular flexibility index (Phi) is 5.06. The Bertz CT molecular complexity index is 611. The molecule has 2 aromatic rings. The molecule has 2 aromatic carbocycles. The average Bonchev–Trinajstić information content (AvgIpc) is 2.49. The SMILES string of the molecule is CCNC(Cc1ccc(C)cc1[N+](=O)[O-])c1ccccc1. The van der Waals surface area contributed by atoms with Gasteiger partial charge < -0.3 is 5.32 Å². The molecule has 4 nitrogen and oxygen atoms in total. The van der Waals surface area contributed by atoms with E-state index in [2.05, 4.69) is 5.32 Å². The maximum absolute atomic E-state index is 11.2. The molecule has 0 spiro atoms. The lowest BCUT2D eigenvalue weighted by Crippen LogP contribution is -2.23. The minimum absolute atomic E-state index is 0.0811. The van der Waals surface area contributed by atoms with E-state index < -0.39 is 0 Å². The number of benzene rings is 2. The summed E-state index contributed by atoms with van der Waals surface area (Å²) in [4.78, 5) is 10.9. The highest BCUT2D eigenvalue weighted by Gasteiger charge is 2.18. The van der Waals surface area contributed by atoms with Crippen LogP contribution in [0, 0.1) is 17.0 Å². The molecular formula is C17H20N2O2. The summed E-state index contributed by atoms with van der Waals surface area (Å²) in [7, 11) is 0. The molecule has 0 heterocycles. The normalized spacial score (nSPS) is 12.1. The van der Waals surface area contributed by atoms with E-state index in [-0.39, 0.29) is 16.7 Å². The largest absolute Gasteiger partial charge is 0.310 e. The van der Waals surface area contributed by atoms with Crippen LogP contribution in [0.25, 0.3) is 0 Å². The predicted molar refractivity (Wildman–Crippen MR) is 84.4 cm³/mol. The predicted octanol–water partition coefficient (Wildman–Crippen LogP) is 3.80. The van der Waals surface area contributed by atoms with E-state index >= 15 is 0 Å². The van der Waals surface area contributed by atoms with Crippen molar-refractivity contribution < 1.29 is 4.92 Å². The van der Waals surface area contributed by atoms with Gasteiger partial charge in [0.1, 0.15) is 0 Å². The first-order valence-electron chi connectivity index (χ1n) is 7.14. The molecule has 1 N–H and O–H groups in total. The lowest BCUT2D eigenvalue weighted by atomic mass is 9.97. The van der Waals surface area contributed by atoms with Gasteiger partial charge >= 0.3 is 0 Å². The van der Waals surface area contributed by atoms with Crippen LogP contribution in [0.3, 0.4) is 0 Å². The summed E-state index contributed by atoms with van der Waals surface area (Å²) in [6, 6.07) is 15.6. The van der Waals surface area contributed by atoms with Gasteiger partial charge in [0, 0.05) is 17.7 Å². The van der Waals surface area contributed by atoms with Crippen molar-refractivity contribution in [1.29, 1.82) is 0 Å². The van der Waals surface area contributed by atoms with Gasteiger partial charge in [-0.1, -0.05) is 49.4 Å². The van der Waals surface area contributed by atoms with Crippen molar-refractivity contribution in [2.75, 3.05) is 6.54 Å². The molecule has 110 valence electrons. The molecule has 0 radical (unpaired) electrons. The Morgan fingerprint density at radius 1 is 1.19 bits per heavy atom. The highest BCUT2D eigenvalue weighted by atomic mass is 16.6. The summed E-state index contributed by atoms with van der Waals surface area (Å²) in [6.07, 6.45) is 0.606. The van der Waals surface area contributed by atoms with Crippen LogP contribution in [-0.4, -0.2) is 11.5 Å². The van der Waals surface area contributed by atoms with Gasteiger partial charge in [0.2, 0.25) is 0 Å². The number of hydrogen-bond acceptors (Lipinski definition) is 3. The molecule has 0 fully saturated rings. The zero-order chi connectivity index (χ0) is 15.2. The molecule has 1 unspecified atom stereocenters. The second kappa shape index (κ2) is 6.99. The Hall–Kier alpha value is -2.20. The van der Waals surface area contributed by atoms with E-state index in [1.807, 2.05) is 56.3 Å². The molecule has 0 aliphatic heterocycles. The molecule has 21 heavy (non-hydrogen) atoms. The molecule has 2 rings (SSSR count). The second-order valence-corrected chi connectivity index (χ2v) is 5.11. The Morgan fingerprint density at radius 2 is 1.90 bits per heavy atom. The zero-order valence-corrected chi connectivity index (χ0v) is 12.4. The van der Waals surface area contributed by atoms with Crippen LogP contribution in [-0.2, 0) is 6.42 Å². The van der Waals surface area contributed by atoms with Crippen molar-refractivity contribution in [1.82, 2.24) is 5.32 Å². The van der Waals surface area contributed by atoms with Crippen LogP contribution in [0.15, 0.2) is 48.5 Å². The van der Waals surface area contributed by atoms with Gasteiger partial charge in [0.05, 0.1) is 4.92 Å². The summed E-state index contributed by atoms with van der Waals surface area (Å²) in [5.74, 6) is 0. The lowest BCUT2D eigenvalue weighted by molar-refractivity contribution is -0.385. The number of nitro benzene ring substituents is 1. The summed E-state index contributed by atoms with van der Waals surface area (Å²) in [5.41, 5.74) is 3.02. The van der Waals surface area contributed by atoms with Gasteiger partial charge in [-0.3, -0.25) is 10.1 Å². The van der Waals surface area contributed by atoms with E-state index in [4.69, 9.17) is 0 Å². The number of likely N-dealkylation sites (N-methyl/N-ethyl adjacent to an activating group) is 1. The third-order valence-electron chi connectivity index (χ3n) is 3.51. The highest BCUT2D eigenvalue weighted by molar-refractivity contribution is 5.44. The van der Waals surface area contributed by atoms with Gasteiger partial charge in [-0.25, -0.2) is 0 Å². The highest BCUT2D eigenvalue weighted by Crippen LogP contribution is 2.26. The number of hydrogen-bond donors (Lipinski definition) is 1. The molecule has 0 aromatic heterocycles. The summed E-state index contributed by atoms with van der Waals surface area (Å²) in [5, 5.41) is 14.6. The smallest absolute Gasteiger partial charge is 0.272 e. The fourth-order valence-corrected chi connectivity index (χ4v) is 2.48. The minimum Gasteiger partial charge on any atom is -0.310 e. The Labute approximate surface area is 125 Å². The molecule has 0 saturated carbocycles. The zero-order valence-electron chi connectivity index (χ0n) is 12.4. The maximum Gasteiger partial charge on any atom is 0.272 e. The summed E-state index contributed by atoms with van der Waals surface area (Å²) < 4.78 is 0. The molecule has 4 heteroatoms. The standard InChI is InChI=1S/C17H20N2O2/c1-3-18-16(14-7-5-4-6-8-14)12-15-10-9-13(2)11-17(15)19(20)21/h4-11,16,18H,3,12H2,1-2H3. The van der Waals surface area contributed by atoms with Gasteiger partial charge in [-0.15, -0.1) is 0 Å². The third-order valence-corrected chi connectivity index (χ3v) is 3.51. The molecule has 0 aliphatic carbocycles. The van der Waals surface area contributed by atoms with Crippen molar-refractivity contribution in [3.05, 3.63) is 75.3 Å². The molecule has 0 aliphatic rings. The van der Waals surface area contributed by atoms with E-state index in [0.717, 1.165) is 23.2 Å². The van der Waals surface area contributed by atoms with Crippen molar-refractivity contribution in [2.24, 2.45) is 0 Å². The summed E-state index contributed by atoms with van der Waals surface area (Å²) in [6.45, 7) is 4.73. The number of nitro groups is 1. The van der Waals surface area contributed by atoms with Crippen molar-refractivity contribution in [3.63, 3.8) is 0 Å². The molecular weight excluding hydrogens is 264 g/mol. The molecule has 1 atom stereocenters. The van der Waals surface area contributed by atoms with Gasteiger partial charge in [0.25, 0.3) is 5.69 Å². The number of rotatable bonds is 6. The fraction of sp³-hybridized carbons (Fsp3) is 0.294. The lowest BCUT2D eigenvalue weighted by Gasteiger charge is -2.18. The third kappa shape index (κ3) is 3.89. The van der Waals surface area contributed by atoms with Crippen LogP contribution in [0.2, 0.25) is 0 Å². The average molecular weight is 284 g/mol. The van der Waals surface area contributed by atoms with Crippen LogP contribution in [0.4, 0.5) is 5.69 Å². The van der Waals surface area contributed by atoms with Gasteiger partial charge in [0.15, 0.2) is 0 Å². The molecule has 0 amide bonds. The second-order valence-electron chi connectivity index (χ2n) is 5.11. The molecule has 0 bridgehead atoms. The van der Waals surface area contributed by atoms with Crippen LogP contribution in [0.5, 0.6) is 0 Å². The van der Waals surface area contributed by atoms with Crippen molar-refractivity contribution in [2.45, 2.75) is 26.3 Å². The van der Waals surface area contributed by atoms with E-state index in [0.29, 0.717) is 6.42 Å². The Morgan fingerprint density at radius 3 is 2.52 bits per heavy atom. The van der Waals surface area contributed by atoms with E-state index in [9.17, 15) is 10.1 Å². The van der Waals surface area contributed by atoms with E-state index in [1.165, 1.54) is 0 Å². The number of aryl methyl sites for hydroxylation is 1. The summed E-state index contributed by atoms with van der Waals surface area (Å²) >= 11 is 0. The van der Waals surface area contributed by atoms with E-state index in [1.54, 1.807) is 6.07 Å². The van der Waals surface area contributed by atoms with Crippen LogP contribution >= 0.6 is 0 Å². The van der Waals surface area contributed by atoms with Gasteiger partial charge in [-0.2, -0.15) is 0 Å². The fourth-order valence-electron chi connectivity index (χ4n) is 2.48. The van der Waals surface area contributed by atoms with Crippen LogP contribution < -0.4 is 5.32 Å². The number of nitrogens with zero attached hydrogens (tertiary/aromatic N) is 1. The van der Waals surface area contributed by atoms with Crippen molar-refractivity contribution in [3.8, 4) is 0 Å². The maximum atomic E-state index is 11.2. The minimum atomic E-state index is -0.295. The van der Waals surface area contributed by atoms with Crippen molar-refractivity contribution >= 4 is 5.69 Å². The first kappa shape index (κ1) is 15.2. The topological polar surface area (TPSA) is 55.2 Å².